The Balaban J connectivity index is 2.29. The van der Waals surface area contributed by atoms with Gasteiger partial charge in [0.05, 0.1) is 12.6 Å². The van der Waals surface area contributed by atoms with E-state index in [0.717, 1.165) is 19.4 Å². The monoisotopic (exact) mass is 300 g/mol. The summed E-state index contributed by atoms with van der Waals surface area (Å²) in [6.07, 6.45) is 1.94. The van der Waals surface area contributed by atoms with Crippen LogP contribution < -0.4 is 5.73 Å². The second kappa shape index (κ2) is 7.75. The number of amides is 1. The Morgan fingerprint density at radius 1 is 1.38 bits per heavy atom. The summed E-state index contributed by atoms with van der Waals surface area (Å²) in [5.74, 6) is -0.127. The topological polar surface area (TPSA) is 81.9 Å². The average Bonchev–Trinajstić information content (AvgIpc) is 2.36. The normalized spacial score (nSPS) is 21.0. The van der Waals surface area contributed by atoms with E-state index < -0.39 is 11.6 Å². The number of carbonyl (C=O) groups is 2. The summed E-state index contributed by atoms with van der Waals surface area (Å²) in [4.78, 5) is 25.2. The second-order valence-electron chi connectivity index (χ2n) is 6.68. The summed E-state index contributed by atoms with van der Waals surface area (Å²) in [6.45, 7) is 8.98. The third-order valence-corrected chi connectivity index (χ3v) is 3.21. The van der Waals surface area contributed by atoms with Crippen LogP contribution in [0.4, 0.5) is 0 Å². The summed E-state index contributed by atoms with van der Waals surface area (Å²) in [5, 5.41) is 0. The van der Waals surface area contributed by atoms with Crippen LogP contribution in [0.5, 0.6) is 0 Å². The Bertz CT molecular complexity index is 363. The molecule has 1 aliphatic heterocycles. The molecule has 0 bridgehead atoms. The van der Waals surface area contributed by atoms with Gasteiger partial charge >= 0.3 is 5.97 Å². The molecular formula is C15H28N2O4. The highest BCUT2D eigenvalue weighted by molar-refractivity contribution is 5.81. The van der Waals surface area contributed by atoms with E-state index >= 15 is 0 Å². The van der Waals surface area contributed by atoms with Gasteiger partial charge in [-0.3, -0.25) is 4.79 Å². The Kier molecular flexibility index (Phi) is 6.61. The van der Waals surface area contributed by atoms with Gasteiger partial charge in [0.15, 0.2) is 0 Å². The average molecular weight is 300 g/mol. The molecule has 1 fully saturated rings. The van der Waals surface area contributed by atoms with E-state index in [0.29, 0.717) is 13.2 Å². The van der Waals surface area contributed by atoms with Gasteiger partial charge in [-0.05, 0) is 46.5 Å². The lowest BCUT2D eigenvalue weighted by Crippen LogP contribution is -2.47. The van der Waals surface area contributed by atoms with Crippen molar-refractivity contribution in [3.63, 3.8) is 0 Å². The Morgan fingerprint density at radius 3 is 2.62 bits per heavy atom. The zero-order valence-electron chi connectivity index (χ0n) is 13.6. The van der Waals surface area contributed by atoms with Crippen molar-refractivity contribution in [1.82, 2.24) is 4.90 Å². The molecule has 1 rings (SSSR count). The molecule has 0 spiro atoms. The minimum absolute atomic E-state index is 0.0214. The molecule has 0 aromatic carbocycles. The van der Waals surface area contributed by atoms with E-state index in [2.05, 4.69) is 0 Å². The zero-order valence-corrected chi connectivity index (χ0v) is 13.6. The molecule has 1 amide bonds. The highest BCUT2D eigenvalue weighted by Crippen LogP contribution is 2.17. The standard InChI is InChI=1S/C15H28N2O4/c1-11(16)14(19)17-7-5-6-12(8-17)9-20-10-13(18)21-15(2,3)4/h11-12H,5-10,16H2,1-4H3/t11-,12?/m0/s1. The number of carbonyl (C=O) groups excluding carboxylic acids is 2. The van der Waals surface area contributed by atoms with Gasteiger partial charge in [-0.1, -0.05) is 0 Å². The minimum Gasteiger partial charge on any atom is -0.458 e. The van der Waals surface area contributed by atoms with Crippen molar-refractivity contribution in [1.29, 1.82) is 0 Å². The molecule has 1 aliphatic rings. The van der Waals surface area contributed by atoms with Gasteiger partial charge in [0.1, 0.15) is 12.2 Å². The molecule has 0 aromatic rings. The van der Waals surface area contributed by atoms with Crippen molar-refractivity contribution in [3.8, 4) is 0 Å². The molecule has 2 atom stereocenters. The number of nitrogens with two attached hydrogens (primary N) is 1. The number of esters is 1. The molecule has 21 heavy (non-hydrogen) atoms. The fourth-order valence-electron chi connectivity index (χ4n) is 2.37. The lowest BCUT2D eigenvalue weighted by Gasteiger charge is -2.33. The Labute approximate surface area is 126 Å². The van der Waals surface area contributed by atoms with Crippen LogP contribution in [0.25, 0.3) is 0 Å². The number of hydrogen-bond donors (Lipinski definition) is 1. The van der Waals surface area contributed by atoms with E-state index in [1.165, 1.54) is 0 Å². The number of ether oxygens (including phenoxy) is 2. The molecule has 0 radical (unpaired) electrons. The predicted octanol–water partition coefficient (Wildman–Crippen LogP) is 0.931. The first kappa shape index (κ1) is 17.9. The lowest BCUT2D eigenvalue weighted by molar-refractivity contribution is -0.161. The van der Waals surface area contributed by atoms with Crippen LogP contribution in [0, 0.1) is 5.92 Å². The van der Waals surface area contributed by atoms with Gasteiger partial charge < -0.3 is 20.1 Å². The maximum atomic E-state index is 11.9. The Morgan fingerprint density at radius 2 is 2.05 bits per heavy atom. The van der Waals surface area contributed by atoms with Crippen molar-refractivity contribution in [3.05, 3.63) is 0 Å². The first-order chi connectivity index (χ1) is 9.69. The highest BCUT2D eigenvalue weighted by Gasteiger charge is 2.25. The summed E-state index contributed by atoms with van der Waals surface area (Å²) in [5.41, 5.74) is 5.13. The number of piperidine rings is 1. The smallest absolute Gasteiger partial charge is 0.332 e. The summed E-state index contributed by atoms with van der Waals surface area (Å²) in [6, 6.07) is -0.466. The van der Waals surface area contributed by atoms with Crippen LogP contribution in [0.1, 0.15) is 40.5 Å². The molecule has 1 saturated heterocycles. The zero-order chi connectivity index (χ0) is 16.0. The van der Waals surface area contributed by atoms with Crippen LogP contribution in [-0.2, 0) is 19.1 Å². The van der Waals surface area contributed by atoms with Crippen LogP contribution in [0.2, 0.25) is 0 Å². The SMILES string of the molecule is C[C@H](N)C(=O)N1CCCC(COCC(=O)OC(C)(C)C)C1. The van der Waals surface area contributed by atoms with E-state index in [1.54, 1.807) is 11.8 Å². The molecule has 6 nitrogen and oxygen atoms in total. The van der Waals surface area contributed by atoms with Crippen LogP contribution in [0.3, 0.4) is 0 Å². The van der Waals surface area contributed by atoms with E-state index in [4.69, 9.17) is 15.2 Å². The number of nitrogens with zero attached hydrogens (tertiary/aromatic N) is 1. The van der Waals surface area contributed by atoms with Crippen molar-refractivity contribution >= 4 is 11.9 Å². The molecule has 0 saturated carbocycles. The van der Waals surface area contributed by atoms with Crippen molar-refractivity contribution in [2.75, 3.05) is 26.3 Å². The largest absolute Gasteiger partial charge is 0.458 e. The maximum Gasteiger partial charge on any atom is 0.332 e. The fourth-order valence-corrected chi connectivity index (χ4v) is 2.37. The van der Waals surface area contributed by atoms with E-state index in [9.17, 15) is 9.59 Å². The predicted molar refractivity (Wildman–Crippen MR) is 79.6 cm³/mol. The Hall–Kier alpha value is -1.14. The molecule has 0 aromatic heterocycles. The molecular weight excluding hydrogens is 272 g/mol. The van der Waals surface area contributed by atoms with Gasteiger partial charge in [-0.2, -0.15) is 0 Å². The van der Waals surface area contributed by atoms with Crippen LogP contribution in [-0.4, -0.2) is 54.7 Å². The molecule has 1 heterocycles. The van der Waals surface area contributed by atoms with Gasteiger partial charge in [-0.25, -0.2) is 4.79 Å². The summed E-state index contributed by atoms with van der Waals surface area (Å²) < 4.78 is 10.6. The third-order valence-electron chi connectivity index (χ3n) is 3.21. The summed E-state index contributed by atoms with van der Waals surface area (Å²) >= 11 is 0. The van der Waals surface area contributed by atoms with Gasteiger partial charge in [0, 0.05) is 13.1 Å². The number of hydrogen-bond acceptors (Lipinski definition) is 5. The second-order valence-corrected chi connectivity index (χ2v) is 6.68. The van der Waals surface area contributed by atoms with Gasteiger partial charge in [-0.15, -0.1) is 0 Å². The fraction of sp³-hybridized carbons (Fsp3) is 0.867. The van der Waals surface area contributed by atoms with Crippen LogP contribution >= 0.6 is 0 Å². The van der Waals surface area contributed by atoms with Crippen molar-refractivity contribution in [2.24, 2.45) is 11.7 Å². The number of rotatable bonds is 5. The third kappa shape index (κ3) is 6.91. The molecule has 6 heteroatoms. The quantitative estimate of drug-likeness (QED) is 0.764. The molecule has 1 unspecified atom stereocenters. The molecule has 0 aliphatic carbocycles. The molecule has 2 N–H and O–H groups in total. The van der Waals surface area contributed by atoms with Crippen LogP contribution in [0.15, 0.2) is 0 Å². The number of likely N-dealkylation sites (tertiary alicyclic amines) is 1. The first-order valence-corrected chi connectivity index (χ1v) is 7.53. The highest BCUT2D eigenvalue weighted by atomic mass is 16.6. The first-order valence-electron chi connectivity index (χ1n) is 7.53. The van der Waals surface area contributed by atoms with E-state index in [-0.39, 0.29) is 24.4 Å². The van der Waals surface area contributed by atoms with Gasteiger partial charge in [0.25, 0.3) is 0 Å². The summed E-state index contributed by atoms with van der Waals surface area (Å²) in [7, 11) is 0. The van der Waals surface area contributed by atoms with E-state index in [1.807, 2.05) is 20.8 Å². The van der Waals surface area contributed by atoms with Gasteiger partial charge in [0.2, 0.25) is 5.91 Å². The van der Waals surface area contributed by atoms with Crippen molar-refractivity contribution < 1.29 is 19.1 Å². The maximum absolute atomic E-state index is 11.9. The lowest BCUT2D eigenvalue weighted by atomic mass is 9.98. The minimum atomic E-state index is -0.494. The molecule has 122 valence electrons. The van der Waals surface area contributed by atoms with Crippen molar-refractivity contribution in [2.45, 2.75) is 52.2 Å².